The zero-order valence-corrected chi connectivity index (χ0v) is 11.4. The van der Waals surface area contributed by atoms with Crippen molar-refractivity contribution in [2.24, 2.45) is 0 Å². The predicted octanol–water partition coefficient (Wildman–Crippen LogP) is 3.16. The number of nitrogens with one attached hydrogen (secondary N) is 2. The van der Waals surface area contributed by atoms with Gasteiger partial charge in [0.05, 0.1) is 0 Å². The van der Waals surface area contributed by atoms with E-state index < -0.39 is 0 Å². The highest BCUT2D eigenvalue weighted by atomic mass is 16.1. The fourth-order valence-corrected chi connectivity index (χ4v) is 1.91. The van der Waals surface area contributed by atoms with Crippen molar-refractivity contribution in [1.82, 2.24) is 9.97 Å². The summed E-state index contributed by atoms with van der Waals surface area (Å²) < 4.78 is 0. The van der Waals surface area contributed by atoms with Gasteiger partial charge in [0.1, 0.15) is 0 Å². The second-order valence-corrected chi connectivity index (χ2v) is 4.68. The van der Waals surface area contributed by atoms with E-state index in [1.165, 1.54) is 0 Å². The van der Waals surface area contributed by atoms with Crippen LogP contribution in [0.15, 0.2) is 35.1 Å². The molecule has 1 heterocycles. The number of nitrogens with zero attached hydrogens (tertiary/aromatic N) is 1. The van der Waals surface area contributed by atoms with E-state index in [-0.39, 0.29) is 5.56 Å². The first kappa shape index (κ1) is 13.3. The Balaban J connectivity index is 2.20. The third kappa shape index (κ3) is 3.95. The highest BCUT2D eigenvalue weighted by Gasteiger charge is 2.02. The van der Waals surface area contributed by atoms with Crippen LogP contribution in [0, 0.1) is 6.92 Å². The number of benzene rings is 1. The molecule has 0 aliphatic heterocycles. The Morgan fingerprint density at radius 2 is 2.16 bits per heavy atom. The summed E-state index contributed by atoms with van der Waals surface area (Å²) in [5, 5.41) is 3.14. The molecular formula is C15H19N3O. The van der Waals surface area contributed by atoms with E-state index >= 15 is 0 Å². The maximum Gasteiger partial charge on any atom is 0.252 e. The van der Waals surface area contributed by atoms with E-state index in [9.17, 15) is 4.79 Å². The van der Waals surface area contributed by atoms with E-state index in [0.717, 1.165) is 36.2 Å². The molecule has 2 aromatic rings. The summed E-state index contributed by atoms with van der Waals surface area (Å²) in [6, 6.07) is 9.53. The third-order valence-electron chi connectivity index (χ3n) is 2.86. The van der Waals surface area contributed by atoms with Crippen LogP contribution in [0.2, 0.25) is 0 Å². The lowest BCUT2D eigenvalue weighted by atomic mass is 10.2. The highest BCUT2D eigenvalue weighted by Crippen LogP contribution is 2.13. The van der Waals surface area contributed by atoms with Crippen LogP contribution in [0.25, 0.3) is 0 Å². The van der Waals surface area contributed by atoms with Crippen molar-refractivity contribution < 1.29 is 0 Å². The van der Waals surface area contributed by atoms with E-state index in [2.05, 4.69) is 22.2 Å². The first-order valence-corrected chi connectivity index (χ1v) is 6.61. The maximum absolute atomic E-state index is 11.6. The third-order valence-corrected chi connectivity index (χ3v) is 2.86. The average molecular weight is 257 g/mol. The van der Waals surface area contributed by atoms with Gasteiger partial charge in [-0.2, -0.15) is 0 Å². The van der Waals surface area contributed by atoms with Crippen molar-refractivity contribution in [3.63, 3.8) is 0 Å². The summed E-state index contributed by atoms with van der Waals surface area (Å²) in [5.41, 5.74) is 2.81. The van der Waals surface area contributed by atoms with Crippen LogP contribution in [-0.2, 0) is 6.42 Å². The van der Waals surface area contributed by atoms with Crippen molar-refractivity contribution >= 4 is 11.6 Å². The minimum absolute atomic E-state index is 0.115. The quantitative estimate of drug-likeness (QED) is 0.865. The molecule has 0 fully saturated rings. The number of aromatic nitrogens is 2. The molecule has 1 aromatic heterocycles. The first-order chi connectivity index (χ1) is 9.17. The van der Waals surface area contributed by atoms with Gasteiger partial charge in [0.25, 0.3) is 5.56 Å². The molecule has 0 saturated heterocycles. The molecule has 4 heteroatoms. The van der Waals surface area contributed by atoms with Crippen LogP contribution >= 0.6 is 0 Å². The summed E-state index contributed by atoms with van der Waals surface area (Å²) in [6.45, 7) is 4.15. The molecule has 4 nitrogen and oxygen atoms in total. The van der Waals surface area contributed by atoms with E-state index in [1.807, 2.05) is 31.2 Å². The van der Waals surface area contributed by atoms with E-state index in [4.69, 9.17) is 0 Å². The molecular weight excluding hydrogens is 238 g/mol. The van der Waals surface area contributed by atoms with Gasteiger partial charge >= 0.3 is 0 Å². The Morgan fingerprint density at radius 1 is 1.32 bits per heavy atom. The normalized spacial score (nSPS) is 10.4. The second-order valence-electron chi connectivity index (χ2n) is 4.68. The first-order valence-electron chi connectivity index (χ1n) is 6.61. The molecule has 0 spiro atoms. The predicted molar refractivity (Wildman–Crippen MR) is 77.9 cm³/mol. The van der Waals surface area contributed by atoms with Gasteiger partial charge in [-0.05, 0) is 37.5 Å². The van der Waals surface area contributed by atoms with Crippen LogP contribution in [-0.4, -0.2) is 9.97 Å². The smallest absolute Gasteiger partial charge is 0.252 e. The van der Waals surface area contributed by atoms with Gasteiger partial charge < -0.3 is 5.32 Å². The zero-order chi connectivity index (χ0) is 13.7. The van der Waals surface area contributed by atoms with Gasteiger partial charge in [-0.3, -0.25) is 9.78 Å². The lowest BCUT2D eigenvalue weighted by molar-refractivity contribution is 0.772. The van der Waals surface area contributed by atoms with Gasteiger partial charge in [-0.15, -0.1) is 0 Å². The molecule has 19 heavy (non-hydrogen) atoms. The Bertz CT molecular complexity index is 604. The SMILES string of the molecule is CCCCc1cc(=O)[nH]c(Nc2cccc(C)c2)n1. The number of aryl methyl sites for hydroxylation is 2. The topological polar surface area (TPSA) is 57.8 Å². The molecule has 100 valence electrons. The minimum Gasteiger partial charge on any atom is -0.326 e. The summed E-state index contributed by atoms with van der Waals surface area (Å²) >= 11 is 0. The van der Waals surface area contributed by atoms with Crippen molar-refractivity contribution in [2.45, 2.75) is 33.1 Å². The molecule has 1 aromatic carbocycles. The van der Waals surface area contributed by atoms with Crippen LogP contribution in [0.4, 0.5) is 11.6 Å². The van der Waals surface area contributed by atoms with Crippen molar-refractivity contribution in [3.8, 4) is 0 Å². The molecule has 0 aliphatic carbocycles. The number of aromatic amines is 1. The molecule has 0 bridgehead atoms. The molecule has 0 radical (unpaired) electrons. The number of hydrogen-bond donors (Lipinski definition) is 2. The standard InChI is InChI=1S/C15H19N3O/c1-3-4-7-13-10-14(19)18-15(17-13)16-12-8-5-6-11(2)9-12/h5-6,8-10H,3-4,7H2,1-2H3,(H2,16,17,18,19). The number of anilines is 2. The number of H-pyrrole nitrogens is 1. The van der Waals surface area contributed by atoms with Crippen LogP contribution in [0.5, 0.6) is 0 Å². The molecule has 0 aliphatic rings. The summed E-state index contributed by atoms with van der Waals surface area (Å²) in [5.74, 6) is 0.504. The monoisotopic (exact) mass is 257 g/mol. The summed E-state index contributed by atoms with van der Waals surface area (Å²) in [7, 11) is 0. The van der Waals surface area contributed by atoms with Gasteiger partial charge in [-0.25, -0.2) is 4.98 Å². The van der Waals surface area contributed by atoms with Crippen LogP contribution in [0.3, 0.4) is 0 Å². The van der Waals surface area contributed by atoms with Gasteiger partial charge in [-0.1, -0.05) is 25.5 Å². The molecule has 2 N–H and O–H groups in total. The second kappa shape index (κ2) is 6.18. The number of unbranched alkanes of at least 4 members (excludes halogenated alkanes) is 1. The Labute approximate surface area is 112 Å². The lowest BCUT2D eigenvalue weighted by Gasteiger charge is -2.07. The lowest BCUT2D eigenvalue weighted by Crippen LogP contribution is -2.12. The number of hydrogen-bond acceptors (Lipinski definition) is 3. The van der Waals surface area contributed by atoms with Gasteiger partial charge in [0.15, 0.2) is 0 Å². The zero-order valence-electron chi connectivity index (χ0n) is 11.4. The maximum atomic E-state index is 11.6. The molecule has 2 rings (SSSR count). The van der Waals surface area contributed by atoms with Crippen LogP contribution in [0.1, 0.15) is 31.0 Å². The van der Waals surface area contributed by atoms with Crippen molar-refractivity contribution in [2.75, 3.05) is 5.32 Å². The summed E-state index contributed by atoms with van der Waals surface area (Å²) in [4.78, 5) is 18.7. The summed E-state index contributed by atoms with van der Waals surface area (Å²) in [6.07, 6.45) is 2.97. The fourth-order valence-electron chi connectivity index (χ4n) is 1.91. The van der Waals surface area contributed by atoms with Crippen molar-refractivity contribution in [1.29, 1.82) is 0 Å². The molecule has 0 amide bonds. The highest BCUT2D eigenvalue weighted by molar-refractivity contribution is 5.54. The van der Waals surface area contributed by atoms with Crippen LogP contribution < -0.4 is 10.9 Å². The van der Waals surface area contributed by atoms with E-state index in [1.54, 1.807) is 6.07 Å². The largest absolute Gasteiger partial charge is 0.326 e. The number of rotatable bonds is 5. The minimum atomic E-state index is -0.115. The molecule has 0 unspecified atom stereocenters. The van der Waals surface area contributed by atoms with E-state index in [0.29, 0.717) is 5.95 Å². The Hall–Kier alpha value is -2.10. The molecule has 0 saturated carbocycles. The average Bonchev–Trinajstić information content (AvgIpc) is 2.35. The Morgan fingerprint density at radius 3 is 2.89 bits per heavy atom. The molecule has 0 atom stereocenters. The fraction of sp³-hybridized carbons (Fsp3) is 0.333. The van der Waals surface area contributed by atoms with Gasteiger partial charge in [0.2, 0.25) is 5.95 Å². The van der Waals surface area contributed by atoms with Gasteiger partial charge in [0, 0.05) is 17.4 Å². The Kier molecular flexibility index (Phi) is 4.34. The van der Waals surface area contributed by atoms with Crippen molar-refractivity contribution in [3.05, 3.63) is 51.9 Å².